The van der Waals surface area contributed by atoms with Gasteiger partial charge in [0, 0.05) is 6.07 Å². The number of ether oxygens (including phenoxy) is 1. The number of nitrogens with zero attached hydrogens (tertiary/aromatic N) is 1. The predicted octanol–water partition coefficient (Wildman–Crippen LogP) is 1.07. The van der Waals surface area contributed by atoms with Gasteiger partial charge in [0.05, 0.1) is 7.11 Å². The zero-order valence-electron chi connectivity index (χ0n) is 4.31. The first kappa shape index (κ1) is 5.44. The first-order valence-electron chi connectivity index (χ1n) is 2.08. The SMILES string of the molecule is COc1cc(Cl)[nH]n1. The smallest absolute Gasteiger partial charge is 0.233 e. The molecule has 8 heavy (non-hydrogen) atoms. The number of aromatic amines is 1. The topological polar surface area (TPSA) is 37.9 Å². The van der Waals surface area contributed by atoms with Crippen molar-refractivity contribution < 1.29 is 4.74 Å². The highest BCUT2D eigenvalue weighted by Crippen LogP contribution is 2.10. The molecular weight excluding hydrogens is 128 g/mol. The number of nitrogens with one attached hydrogen (secondary N) is 1. The van der Waals surface area contributed by atoms with Crippen LogP contribution >= 0.6 is 11.6 Å². The van der Waals surface area contributed by atoms with Crippen molar-refractivity contribution in [2.45, 2.75) is 0 Å². The van der Waals surface area contributed by atoms with E-state index in [1.165, 1.54) is 7.11 Å². The monoisotopic (exact) mass is 132 g/mol. The summed E-state index contributed by atoms with van der Waals surface area (Å²) in [7, 11) is 1.53. The number of hydrogen-bond donors (Lipinski definition) is 1. The molecular formula is C4H5ClN2O. The molecule has 1 heterocycles. The first-order valence-corrected chi connectivity index (χ1v) is 2.45. The molecule has 1 N–H and O–H groups in total. The molecule has 0 radical (unpaired) electrons. The Bertz CT molecular complexity index is 174. The zero-order valence-corrected chi connectivity index (χ0v) is 5.07. The number of aromatic nitrogens is 2. The highest BCUT2D eigenvalue weighted by Gasteiger charge is 1.93. The normalized spacial score (nSPS) is 9.25. The molecule has 0 aliphatic carbocycles. The fraction of sp³-hybridized carbons (Fsp3) is 0.250. The number of halogens is 1. The van der Waals surface area contributed by atoms with Crippen LogP contribution in [0.2, 0.25) is 5.15 Å². The minimum Gasteiger partial charge on any atom is -0.480 e. The lowest BCUT2D eigenvalue weighted by molar-refractivity contribution is 0.397. The number of rotatable bonds is 1. The van der Waals surface area contributed by atoms with E-state index < -0.39 is 0 Å². The lowest BCUT2D eigenvalue weighted by Crippen LogP contribution is -1.79. The minimum atomic E-state index is 0.488. The van der Waals surface area contributed by atoms with Gasteiger partial charge in [-0.25, -0.2) is 0 Å². The molecule has 0 aromatic carbocycles. The van der Waals surface area contributed by atoms with E-state index in [1.807, 2.05) is 0 Å². The molecule has 0 saturated heterocycles. The largest absolute Gasteiger partial charge is 0.480 e. The van der Waals surface area contributed by atoms with Crippen molar-refractivity contribution in [1.82, 2.24) is 10.2 Å². The number of methoxy groups -OCH3 is 1. The summed E-state index contributed by atoms with van der Waals surface area (Å²) in [4.78, 5) is 0. The molecule has 1 aromatic rings. The number of H-pyrrole nitrogens is 1. The highest BCUT2D eigenvalue weighted by atomic mass is 35.5. The van der Waals surface area contributed by atoms with Crippen LogP contribution in [-0.4, -0.2) is 17.3 Å². The Balaban J connectivity index is 2.84. The first-order chi connectivity index (χ1) is 3.83. The van der Waals surface area contributed by atoms with E-state index in [2.05, 4.69) is 10.2 Å². The summed E-state index contributed by atoms with van der Waals surface area (Å²) >= 11 is 5.44. The summed E-state index contributed by atoms with van der Waals surface area (Å²) in [6.45, 7) is 0. The lowest BCUT2D eigenvalue weighted by Gasteiger charge is -1.84. The van der Waals surface area contributed by atoms with Crippen LogP contribution in [0.15, 0.2) is 6.07 Å². The third-order valence-electron chi connectivity index (χ3n) is 0.732. The van der Waals surface area contributed by atoms with Gasteiger partial charge in [-0.15, -0.1) is 5.10 Å². The van der Waals surface area contributed by atoms with Crippen LogP contribution in [0.5, 0.6) is 5.88 Å². The van der Waals surface area contributed by atoms with E-state index in [4.69, 9.17) is 16.3 Å². The maximum Gasteiger partial charge on any atom is 0.233 e. The molecule has 0 saturated carbocycles. The molecule has 0 aliphatic rings. The van der Waals surface area contributed by atoms with Gasteiger partial charge in [-0.1, -0.05) is 11.6 Å². The van der Waals surface area contributed by atoms with Crippen molar-refractivity contribution in [3.8, 4) is 5.88 Å². The number of hydrogen-bond acceptors (Lipinski definition) is 2. The quantitative estimate of drug-likeness (QED) is 0.621. The van der Waals surface area contributed by atoms with Gasteiger partial charge in [0.25, 0.3) is 0 Å². The molecule has 0 amide bonds. The van der Waals surface area contributed by atoms with Crippen LogP contribution in [0.1, 0.15) is 0 Å². The van der Waals surface area contributed by atoms with E-state index >= 15 is 0 Å². The standard InChI is InChI=1S/C4H5ClN2O/c1-8-4-2-3(5)6-7-4/h2H,1H3,(H,6,7). The van der Waals surface area contributed by atoms with Crippen LogP contribution in [0.3, 0.4) is 0 Å². The fourth-order valence-corrected chi connectivity index (χ4v) is 0.522. The molecule has 1 rings (SSSR count). The summed E-state index contributed by atoms with van der Waals surface area (Å²) in [6, 6.07) is 1.60. The van der Waals surface area contributed by atoms with Crippen LogP contribution in [0.25, 0.3) is 0 Å². The third kappa shape index (κ3) is 0.924. The Morgan fingerprint density at radius 1 is 1.88 bits per heavy atom. The van der Waals surface area contributed by atoms with Crippen molar-refractivity contribution in [1.29, 1.82) is 0 Å². The van der Waals surface area contributed by atoms with Crippen molar-refractivity contribution in [3.05, 3.63) is 11.2 Å². The molecule has 4 heteroatoms. The van der Waals surface area contributed by atoms with Crippen molar-refractivity contribution in [3.63, 3.8) is 0 Å². The van der Waals surface area contributed by atoms with Gasteiger partial charge in [-0.2, -0.15) is 0 Å². The van der Waals surface area contributed by atoms with Crippen LogP contribution in [0, 0.1) is 0 Å². The van der Waals surface area contributed by atoms with Gasteiger partial charge in [0.15, 0.2) is 0 Å². The predicted molar refractivity (Wildman–Crippen MR) is 30.1 cm³/mol. The average molecular weight is 133 g/mol. The van der Waals surface area contributed by atoms with Crippen molar-refractivity contribution >= 4 is 11.6 Å². The maximum absolute atomic E-state index is 5.44. The van der Waals surface area contributed by atoms with Gasteiger partial charge in [-0.05, 0) is 0 Å². The summed E-state index contributed by atoms with van der Waals surface area (Å²) < 4.78 is 4.71. The van der Waals surface area contributed by atoms with Gasteiger partial charge in [0.1, 0.15) is 5.15 Å². The Morgan fingerprint density at radius 2 is 2.62 bits per heavy atom. The van der Waals surface area contributed by atoms with Crippen LogP contribution < -0.4 is 4.74 Å². The van der Waals surface area contributed by atoms with E-state index in [-0.39, 0.29) is 0 Å². The fourth-order valence-electron chi connectivity index (χ4n) is 0.386. The average Bonchev–Trinajstić information content (AvgIpc) is 2.14. The van der Waals surface area contributed by atoms with Gasteiger partial charge in [0.2, 0.25) is 5.88 Å². The van der Waals surface area contributed by atoms with Gasteiger partial charge < -0.3 is 4.74 Å². The molecule has 0 aliphatic heterocycles. The molecule has 0 atom stereocenters. The van der Waals surface area contributed by atoms with Crippen LogP contribution in [-0.2, 0) is 0 Å². The molecule has 1 aromatic heterocycles. The Kier molecular flexibility index (Phi) is 1.39. The maximum atomic E-state index is 5.44. The zero-order chi connectivity index (χ0) is 5.98. The molecule has 0 spiro atoms. The van der Waals surface area contributed by atoms with E-state index in [0.717, 1.165) is 0 Å². The molecule has 0 unspecified atom stereocenters. The molecule has 3 nitrogen and oxygen atoms in total. The second kappa shape index (κ2) is 2.05. The third-order valence-corrected chi connectivity index (χ3v) is 0.926. The second-order valence-electron chi connectivity index (χ2n) is 1.26. The van der Waals surface area contributed by atoms with Crippen molar-refractivity contribution in [2.75, 3.05) is 7.11 Å². The van der Waals surface area contributed by atoms with E-state index in [0.29, 0.717) is 11.0 Å². The van der Waals surface area contributed by atoms with Crippen molar-refractivity contribution in [2.24, 2.45) is 0 Å². The summed E-state index contributed by atoms with van der Waals surface area (Å²) in [5.41, 5.74) is 0. The second-order valence-corrected chi connectivity index (χ2v) is 1.67. The summed E-state index contributed by atoms with van der Waals surface area (Å²) in [5.74, 6) is 0.509. The van der Waals surface area contributed by atoms with Gasteiger partial charge >= 0.3 is 0 Å². The molecule has 0 bridgehead atoms. The van der Waals surface area contributed by atoms with E-state index in [9.17, 15) is 0 Å². The Morgan fingerprint density at radius 3 is 2.88 bits per heavy atom. The minimum absolute atomic E-state index is 0.488. The Hall–Kier alpha value is -0.700. The Labute approximate surface area is 51.6 Å². The van der Waals surface area contributed by atoms with Gasteiger partial charge in [-0.3, -0.25) is 5.10 Å². The lowest BCUT2D eigenvalue weighted by atomic mass is 10.7. The molecule has 44 valence electrons. The molecule has 0 fully saturated rings. The highest BCUT2D eigenvalue weighted by molar-refractivity contribution is 6.29. The summed E-state index contributed by atoms with van der Waals surface area (Å²) in [5, 5.41) is 6.65. The van der Waals surface area contributed by atoms with Crippen LogP contribution in [0.4, 0.5) is 0 Å². The summed E-state index contributed by atoms with van der Waals surface area (Å²) in [6.07, 6.45) is 0. The van der Waals surface area contributed by atoms with E-state index in [1.54, 1.807) is 6.07 Å².